The number of fused-ring (bicyclic) bond motifs is 2. The van der Waals surface area contributed by atoms with E-state index < -0.39 is 21.1 Å². The number of anilines is 1. The Bertz CT molecular complexity index is 782. The Balaban J connectivity index is 2.10. The van der Waals surface area contributed by atoms with Crippen molar-refractivity contribution >= 4 is 22.6 Å². The quantitative estimate of drug-likeness (QED) is 0.874. The molecule has 1 spiro atoms. The van der Waals surface area contributed by atoms with Crippen LogP contribution in [0, 0.1) is 5.92 Å². The summed E-state index contributed by atoms with van der Waals surface area (Å²) in [6.07, 6.45) is 4.55. The van der Waals surface area contributed by atoms with Gasteiger partial charge in [0.05, 0.1) is 17.9 Å². The normalized spacial score (nSPS) is 25.7. The first-order valence-corrected chi connectivity index (χ1v) is 10.1. The molecular weight excluding hydrogens is 348 g/mol. The van der Waals surface area contributed by atoms with Crippen LogP contribution < -0.4 is 10.1 Å². The second-order valence-corrected chi connectivity index (χ2v) is 10.6. The molecule has 0 aliphatic carbocycles. The summed E-state index contributed by atoms with van der Waals surface area (Å²) in [4.78, 5) is 13.1. The second kappa shape index (κ2) is 6.41. The van der Waals surface area contributed by atoms with E-state index in [1.807, 2.05) is 55.6 Å². The summed E-state index contributed by atoms with van der Waals surface area (Å²) >= 11 is 0. The lowest BCUT2D eigenvalue weighted by Crippen LogP contribution is -2.50. The molecule has 0 radical (unpaired) electrons. The minimum Gasteiger partial charge on any atom is -0.497 e. The van der Waals surface area contributed by atoms with Crippen LogP contribution in [0.25, 0.3) is 0 Å². The van der Waals surface area contributed by atoms with E-state index in [1.165, 1.54) is 0 Å². The van der Waals surface area contributed by atoms with Crippen LogP contribution in [0.15, 0.2) is 30.5 Å². The minimum absolute atomic E-state index is 0.0592. The predicted molar refractivity (Wildman–Crippen MR) is 105 cm³/mol. The highest BCUT2D eigenvalue weighted by molar-refractivity contribution is 7.84. The van der Waals surface area contributed by atoms with Gasteiger partial charge in [0.15, 0.2) is 0 Å². The summed E-state index contributed by atoms with van der Waals surface area (Å²) in [7, 11) is 0.374. The van der Waals surface area contributed by atoms with Crippen molar-refractivity contribution in [2.45, 2.75) is 57.2 Å². The third-order valence-corrected chi connectivity index (χ3v) is 6.83. The standard InChI is InChI=1S/C20H28N2O3S/c1-13(2)11-17-20(9-10-22(17)26(24)19(3,4)5)15-8-7-14(25-6)12-16(15)21-18(20)23/h7-10,12-13,17H,11H2,1-6H3,(H,21,23)/t17-,20+,26+/m0/s1. The van der Waals surface area contributed by atoms with E-state index in [4.69, 9.17) is 4.74 Å². The van der Waals surface area contributed by atoms with Crippen molar-refractivity contribution in [3.8, 4) is 5.75 Å². The fourth-order valence-electron chi connectivity index (χ4n) is 3.79. The number of amides is 1. The van der Waals surface area contributed by atoms with E-state index in [1.54, 1.807) is 7.11 Å². The molecule has 1 aromatic carbocycles. The van der Waals surface area contributed by atoms with Gasteiger partial charge in [-0.3, -0.25) is 9.10 Å². The first kappa shape index (κ1) is 19.0. The van der Waals surface area contributed by atoms with Gasteiger partial charge in [-0.05, 0) is 50.8 Å². The van der Waals surface area contributed by atoms with Crippen molar-refractivity contribution in [1.82, 2.24) is 4.31 Å². The SMILES string of the molecule is COc1ccc2c(c1)NC(=O)[C@]21C=CN([S@](=O)C(C)(C)C)[C@H]1CC(C)C. The Hall–Kier alpha value is -1.82. The number of rotatable bonds is 4. The number of hydrogen-bond donors (Lipinski definition) is 1. The number of carbonyl (C=O) groups excluding carboxylic acids is 1. The molecule has 0 saturated carbocycles. The third kappa shape index (κ3) is 2.84. The Morgan fingerprint density at radius 1 is 1.35 bits per heavy atom. The van der Waals surface area contributed by atoms with Gasteiger partial charge in [-0.15, -0.1) is 0 Å². The Morgan fingerprint density at radius 2 is 2.04 bits per heavy atom. The molecule has 1 aromatic rings. The lowest BCUT2D eigenvalue weighted by atomic mass is 9.74. The molecule has 0 saturated heterocycles. The first-order chi connectivity index (χ1) is 12.1. The fourth-order valence-corrected chi connectivity index (χ4v) is 5.08. The topological polar surface area (TPSA) is 58.6 Å². The lowest BCUT2D eigenvalue weighted by Gasteiger charge is -2.38. The summed E-state index contributed by atoms with van der Waals surface area (Å²) < 4.78 is 19.9. The number of benzene rings is 1. The highest BCUT2D eigenvalue weighted by Crippen LogP contribution is 2.49. The molecular formula is C20H28N2O3S. The summed E-state index contributed by atoms with van der Waals surface area (Å²) in [6.45, 7) is 10.1. The number of nitrogens with one attached hydrogen (secondary N) is 1. The van der Waals surface area contributed by atoms with Gasteiger partial charge in [0.1, 0.15) is 22.2 Å². The Labute approximate surface area is 158 Å². The van der Waals surface area contributed by atoms with Gasteiger partial charge >= 0.3 is 0 Å². The molecule has 3 rings (SSSR count). The molecule has 2 aliphatic rings. The van der Waals surface area contributed by atoms with Crippen molar-refractivity contribution in [2.24, 2.45) is 5.92 Å². The summed E-state index contributed by atoms with van der Waals surface area (Å²) in [5, 5.41) is 3.01. The number of carbonyl (C=O) groups is 1. The second-order valence-electron chi connectivity index (χ2n) is 8.42. The molecule has 142 valence electrons. The van der Waals surface area contributed by atoms with E-state index in [2.05, 4.69) is 19.2 Å². The zero-order chi connectivity index (χ0) is 19.3. The average Bonchev–Trinajstić information content (AvgIpc) is 3.05. The summed E-state index contributed by atoms with van der Waals surface area (Å²) in [5.74, 6) is 1.01. The average molecular weight is 377 g/mol. The molecule has 0 unspecified atom stereocenters. The lowest BCUT2D eigenvalue weighted by molar-refractivity contribution is -0.120. The van der Waals surface area contributed by atoms with Crippen LogP contribution >= 0.6 is 0 Å². The molecule has 2 aliphatic heterocycles. The molecule has 5 nitrogen and oxygen atoms in total. The van der Waals surface area contributed by atoms with Gasteiger partial charge in [0.25, 0.3) is 0 Å². The monoisotopic (exact) mass is 376 g/mol. The highest BCUT2D eigenvalue weighted by atomic mass is 32.2. The van der Waals surface area contributed by atoms with Crippen LogP contribution in [0.3, 0.4) is 0 Å². The van der Waals surface area contributed by atoms with Crippen molar-refractivity contribution in [2.75, 3.05) is 12.4 Å². The summed E-state index contributed by atoms with van der Waals surface area (Å²) in [5.41, 5.74) is 0.891. The van der Waals surface area contributed by atoms with E-state index in [9.17, 15) is 9.00 Å². The van der Waals surface area contributed by atoms with Gasteiger partial charge in [-0.1, -0.05) is 19.9 Å². The maximum Gasteiger partial charge on any atom is 0.241 e. The van der Waals surface area contributed by atoms with Crippen molar-refractivity contribution in [3.63, 3.8) is 0 Å². The Kier molecular flexibility index (Phi) is 4.67. The van der Waals surface area contributed by atoms with Crippen LogP contribution in [-0.2, 0) is 21.2 Å². The summed E-state index contributed by atoms with van der Waals surface area (Å²) in [6, 6.07) is 5.50. The van der Waals surface area contributed by atoms with Crippen LogP contribution in [0.1, 0.15) is 46.6 Å². The molecule has 1 N–H and O–H groups in total. The Morgan fingerprint density at radius 3 is 2.62 bits per heavy atom. The molecule has 1 amide bonds. The van der Waals surface area contributed by atoms with Crippen LogP contribution in [0.2, 0.25) is 0 Å². The number of nitrogens with zero attached hydrogens (tertiary/aromatic N) is 1. The van der Waals surface area contributed by atoms with Crippen molar-refractivity contribution in [3.05, 3.63) is 36.0 Å². The molecule has 0 aromatic heterocycles. The number of hydrogen-bond acceptors (Lipinski definition) is 3. The smallest absolute Gasteiger partial charge is 0.241 e. The van der Waals surface area contributed by atoms with Crippen molar-refractivity contribution < 1.29 is 13.7 Å². The zero-order valence-electron chi connectivity index (χ0n) is 16.3. The number of ether oxygens (including phenoxy) is 1. The molecule has 0 bridgehead atoms. The van der Waals surface area contributed by atoms with Crippen LogP contribution in [-0.4, -0.2) is 32.3 Å². The van der Waals surface area contributed by atoms with E-state index in [-0.39, 0.29) is 11.9 Å². The fraction of sp³-hybridized carbons (Fsp3) is 0.550. The van der Waals surface area contributed by atoms with Crippen LogP contribution in [0.4, 0.5) is 5.69 Å². The largest absolute Gasteiger partial charge is 0.497 e. The molecule has 0 fully saturated rings. The molecule has 26 heavy (non-hydrogen) atoms. The van der Waals surface area contributed by atoms with Gasteiger partial charge in [-0.2, -0.15) is 0 Å². The molecule has 3 atom stereocenters. The van der Waals surface area contributed by atoms with Gasteiger partial charge in [0.2, 0.25) is 5.91 Å². The number of methoxy groups -OCH3 is 1. The highest BCUT2D eigenvalue weighted by Gasteiger charge is 2.56. The van der Waals surface area contributed by atoms with Crippen molar-refractivity contribution in [1.29, 1.82) is 0 Å². The van der Waals surface area contributed by atoms with Gasteiger partial charge in [-0.25, -0.2) is 4.21 Å². The zero-order valence-corrected chi connectivity index (χ0v) is 17.1. The first-order valence-electron chi connectivity index (χ1n) is 9.01. The maximum atomic E-state index is 13.2. The van der Waals surface area contributed by atoms with E-state index >= 15 is 0 Å². The van der Waals surface area contributed by atoms with E-state index in [0.717, 1.165) is 17.7 Å². The molecule has 6 heteroatoms. The maximum absolute atomic E-state index is 13.2. The van der Waals surface area contributed by atoms with E-state index in [0.29, 0.717) is 11.7 Å². The van der Waals surface area contributed by atoms with Gasteiger partial charge in [0, 0.05) is 18.0 Å². The molecule has 2 heterocycles. The minimum atomic E-state index is -1.24. The van der Waals surface area contributed by atoms with Crippen LogP contribution in [0.5, 0.6) is 5.75 Å². The third-order valence-electron chi connectivity index (χ3n) is 5.02. The predicted octanol–water partition coefficient (Wildman–Crippen LogP) is 3.59. The van der Waals surface area contributed by atoms with Gasteiger partial charge < -0.3 is 10.1 Å².